The molecule has 1 fully saturated rings. The highest BCUT2D eigenvalue weighted by Gasteiger charge is 2.39. The highest BCUT2D eigenvalue weighted by atomic mass is 19.1. The van der Waals surface area contributed by atoms with Crippen LogP contribution in [-0.4, -0.2) is 36.3 Å². The SMILES string of the molecule is CCCCNC(=O)C1CN(C(=O)CC)CC1c1cccc(F)c1. The van der Waals surface area contributed by atoms with Gasteiger partial charge in [-0.15, -0.1) is 0 Å². The lowest BCUT2D eigenvalue weighted by atomic mass is 9.88. The number of amides is 2. The molecule has 0 aliphatic carbocycles. The monoisotopic (exact) mass is 320 g/mol. The topological polar surface area (TPSA) is 49.4 Å². The Morgan fingerprint density at radius 3 is 2.74 bits per heavy atom. The molecule has 1 N–H and O–H groups in total. The van der Waals surface area contributed by atoms with Crippen molar-refractivity contribution >= 4 is 11.8 Å². The van der Waals surface area contributed by atoms with E-state index in [0.29, 0.717) is 26.1 Å². The van der Waals surface area contributed by atoms with Gasteiger partial charge < -0.3 is 10.2 Å². The number of nitrogens with zero attached hydrogens (tertiary/aromatic N) is 1. The molecule has 0 bridgehead atoms. The standard InChI is InChI=1S/C18H25FN2O2/c1-3-5-9-20-18(23)16-12-21(17(22)4-2)11-15(16)13-7-6-8-14(19)10-13/h6-8,10,15-16H,3-5,9,11-12H2,1-2H3,(H,20,23). The van der Waals surface area contributed by atoms with E-state index in [1.54, 1.807) is 11.0 Å². The fraction of sp³-hybridized carbons (Fsp3) is 0.556. The predicted molar refractivity (Wildman–Crippen MR) is 87.4 cm³/mol. The van der Waals surface area contributed by atoms with Crippen LogP contribution in [0.2, 0.25) is 0 Å². The minimum absolute atomic E-state index is 0.0373. The van der Waals surface area contributed by atoms with Crippen molar-refractivity contribution in [3.8, 4) is 0 Å². The molecule has 4 nitrogen and oxygen atoms in total. The number of carbonyl (C=O) groups excluding carboxylic acids is 2. The first kappa shape index (κ1) is 17.4. The van der Waals surface area contributed by atoms with Gasteiger partial charge in [0.15, 0.2) is 0 Å². The molecule has 1 aromatic carbocycles. The average Bonchev–Trinajstić information content (AvgIpc) is 2.99. The summed E-state index contributed by atoms with van der Waals surface area (Å²) < 4.78 is 13.5. The van der Waals surface area contributed by atoms with Crippen molar-refractivity contribution in [3.63, 3.8) is 0 Å². The third-order valence-electron chi connectivity index (χ3n) is 4.42. The fourth-order valence-corrected chi connectivity index (χ4v) is 3.09. The zero-order valence-corrected chi connectivity index (χ0v) is 13.8. The first-order valence-electron chi connectivity index (χ1n) is 8.37. The molecule has 2 rings (SSSR count). The largest absolute Gasteiger partial charge is 0.356 e. The minimum Gasteiger partial charge on any atom is -0.356 e. The maximum atomic E-state index is 13.5. The van der Waals surface area contributed by atoms with Crippen LogP contribution < -0.4 is 5.32 Å². The number of carbonyl (C=O) groups is 2. The molecule has 1 saturated heterocycles. The Morgan fingerprint density at radius 1 is 1.30 bits per heavy atom. The zero-order chi connectivity index (χ0) is 16.8. The summed E-state index contributed by atoms with van der Waals surface area (Å²) in [5, 5.41) is 2.95. The Bertz CT molecular complexity index is 562. The van der Waals surface area contributed by atoms with Gasteiger partial charge in [0, 0.05) is 32.0 Å². The van der Waals surface area contributed by atoms with Gasteiger partial charge in [-0.1, -0.05) is 32.4 Å². The van der Waals surface area contributed by atoms with Crippen molar-refractivity contribution in [1.29, 1.82) is 0 Å². The van der Waals surface area contributed by atoms with Crippen LogP contribution in [0.15, 0.2) is 24.3 Å². The van der Waals surface area contributed by atoms with Crippen molar-refractivity contribution in [2.24, 2.45) is 5.92 Å². The lowest BCUT2D eigenvalue weighted by Gasteiger charge is -2.18. The Morgan fingerprint density at radius 2 is 2.09 bits per heavy atom. The van der Waals surface area contributed by atoms with Crippen LogP contribution in [0.5, 0.6) is 0 Å². The summed E-state index contributed by atoms with van der Waals surface area (Å²) in [5.74, 6) is -0.783. The van der Waals surface area contributed by atoms with Crippen molar-refractivity contribution in [2.45, 2.75) is 39.0 Å². The van der Waals surface area contributed by atoms with Gasteiger partial charge in [-0.3, -0.25) is 9.59 Å². The zero-order valence-electron chi connectivity index (χ0n) is 13.8. The van der Waals surface area contributed by atoms with Gasteiger partial charge in [0.05, 0.1) is 5.92 Å². The van der Waals surface area contributed by atoms with E-state index in [1.807, 2.05) is 13.0 Å². The minimum atomic E-state index is -0.316. The van der Waals surface area contributed by atoms with Crippen molar-refractivity contribution in [2.75, 3.05) is 19.6 Å². The number of hydrogen-bond donors (Lipinski definition) is 1. The molecule has 1 aromatic rings. The molecular weight excluding hydrogens is 295 g/mol. The van der Waals surface area contributed by atoms with Crippen LogP contribution in [0.1, 0.15) is 44.6 Å². The molecule has 0 radical (unpaired) electrons. The molecule has 0 saturated carbocycles. The number of halogens is 1. The summed E-state index contributed by atoms with van der Waals surface area (Å²) in [6.07, 6.45) is 2.36. The van der Waals surface area contributed by atoms with Gasteiger partial charge in [-0.25, -0.2) is 4.39 Å². The van der Waals surface area contributed by atoms with Crippen LogP contribution in [0.4, 0.5) is 4.39 Å². The highest BCUT2D eigenvalue weighted by Crippen LogP contribution is 2.33. The molecule has 1 heterocycles. The molecule has 5 heteroatoms. The van der Waals surface area contributed by atoms with E-state index in [2.05, 4.69) is 12.2 Å². The van der Waals surface area contributed by atoms with Crippen LogP contribution in [0, 0.1) is 11.7 Å². The predicted octanol–water partition coefficient (Wildman–Crippen LogP) is 2.69. The summed E-state index contributed by atoms with van der Waals surface area (Å²) in [6, 6.07) is 6.35. The molecule has 2 unspecified atom stereocenters. The molecule has 1 aliphatic rings. The van der Waals surface area contributed by atoms with Gasteiger partial charge in [-0.05, 0) is 24.1 Å². The second kappa shape index (κ2) is 8.09. The average molecular weight is 320 g/mol. The number of likely N-dealkylation sites (tertiary alicyclic amines) is 1. The van der Waals surface area contributed by atoms with Crippen molar-refractivity contribution in [1.82, 2.24) is 10.2 Å². The van der Waals surface area contributed by atoms with E-state index >= 15 is 0 Å². The molecule has 2 amide bonds. The molecule has 0 spiro atoms. The number of benzene rings is 1. The summed E-state index contributed by atoms with van der Waals surface area (Å²) in [6.45, 7) is 5.41. The van der Waals surface area contributed by atoms with Gasteiger partial charge >= 0.3 is 0 Å². The second-order valence-corrected chi connectivity index (χ2v) is 6.06. The Kier molecular flexibility index (Phi) is 6.13. The van der Waals surface area contributed by atoms with Crippen LogP contribution in [0.3, 0.4) is 0 Å². The van der Waals surface area contributed by atoms with Crippen molar-refractivity contribution < 1.29 is 14.0 Å². The lowest BCUT2D eigenvalue weighted by Crippen LogP contribution is -2.36. The number of rotatable bonds is 6. The van der Waals surface area contributed by atoms with Crippen LogP contribution in [-0.2, 0) is 9.59 Å². The number of hydrogen-bond acceptors (Lipinski definition) is 2. The highest BCUT2D eigenvalue weighted by molar-refractivity contribution is 5.83. The van der Waals surface area contributed by atoms with Gasteiger partial charge in [-0.2, -0.15) is 0 Å². The van der Waals surface area contributed by atoms with Crippen LogP contribution in [0.25, 0.3) is 0 Å². The lowest BCUT2D eigenvalue weighted by molar-refractivity contribution is -0.130. The van der Waals surface area contributed by atoms with E-state index in [4.69, 9.17) is 0 Å². The summed E-state index contributed by atoms with van der Waals surface area (Å²) in [4.78, 5) is 26.2. The molecule has 1 aliphatic heterocycles. The van der Waals surface area contributed by atoms with E-state index in [-0.39, 0.29) is 29.5 Å². The smallest absolute Gasteiger partial charge is 0.225 e. The van der Waals surface area contributed by atoms with Gasteiger partial charge in [0.25, 0.3) is 0 Å². The molecular formula is C18H25FN2O2. The molecule has 126 valence electrons. The van der Waals surface area contributed by atoms with Gasteiger partial charge in [0.1, 0.15) is 5.82 Å². The first-order valence-corrected chi connectivity index (χ1v) is 8.37. The van der Waals surface area contributed by atoms with Crippen molar-refractivity contribution in [3.05, 3.63) is 35.6 Å². The third kappa shape index (κ3) is 4.30. The Hall–Kier alpha value is -1.91. The maximum absolute atomic E-state index is 13.5. The Balaban J connectivity index is 2.17. The Labute approximate surface area is 137 Å². The van der Waals surface area contributed by atoms with Gasteiger partial charge in [0.2, 0.25) is 11.8 Å². The quantitative estimate of drug-likeness (QED) is 0.819. The fourth-order valence-electron chi connectivity index (χ4n) is 3.09. The van der Waals surface area contributed by atoms with E-state index in [1.165, 1.54) is 12.1 Å². The van der Waals surface area contributed by atoms with Crippen LogP contribution >= 0.6 is 0 Å². The first-order chi connectivity index (χ1) is 11.1. The van der Waals surface area contributed by atoms with E-state index in [9.17, 15) is 14.0 Å². The molecule has 0 aromatic heterocycles. The molecule has 2 atom stereocenters. The summed E-state index contributed by atoms with van der Waals surface area (Å²) >= 11 is 0. The number of nitrogens with one attached hydrogen (secondary N) is 1. The summed E-state index contributed by atoms with van der Waals surface area (Å²) in [7, 11) is 0. The number of unbranched alkanes of at least 4 members (excludes halogenated alkanes) is 1. The third-order valence-corrected chi connectivity index (χ3v) is 4.42. The second-order valence-electron chi connectivity index (χ2n) is 6.06. The van der Waals surface area contributed by atoms with E-state index in [0.717, 1.165) is 18.4 Å². The molecule has 23 heavy (non-hydrogen) atoms. The summed E-state index contributed by atoms with van der Waals surface area (Å²) in [5.41, 5.74) is 0.784. The normalized spacial score (nSPS) is 20.6. The maximum Gasteiger partial charge on any atom is 0.225 e. The van der Waals surface area contributed by atoms with E-state index < -0.39 is 0 Å².